The van der Waals surface area contributed by atoms with Gasteiger partial charge < -0.3 is 0 Å². The number of benzene rings is 1. The van der Waals surface area contributed by atoms with Gasteiger partial charge in [0.25, 0.3) is 0 Å². The van der Waals surface area contributed by atoms with Gasteiger partial charge in [-0.25, -0.2) is 8.42 Å². The van der Waals surface area contributed by atoms with E-state index in [0.717, 1.165) is 22.9 Å². The molecule has 1 aromatic carbocycles. The van der Waals surface area contributed by atoms with E-state index in [4.69, 9.17) is 0 Å². The Morgan fingerprint density at radius 1 is 1.24 bits per heavy atom. The van der Waals surface area contributed by atoms with Crippen molar-refractivity contribution in [3.8, 4) is 0 Å². The van der Waals surface area contributed by atoms with Crippen molar-refractivity contribution in [1.29, 1.82) is 0 Å². The second kappa shape index (κ2) is 6.12. The normalized spacial score (nSPS) is 20.0. The minimum Gasteiger partial charge on any atom is -0.207 e. The molecule has 0 amide bonds. The molecule has 1 fully saturated rings. The molecule has 1 atom stereocenters. The molecule has 21 heavy (non-hydrogen) atoms. The van der Waals surface area contributed by atoms with Gasteiger partial charge in [0.15, 0.2) is 0 Å². The molecule has 1 aliphatic heterocycles. The third kappa shape index (κ3) is 2.99. The lowest BCUT2D eigenvalue weighted by Gasteiger charge is -2.24. The van der Waals surface area contributed by atoms with Crippen LogP contribution < -0.4 is 0 Å². The van der Waals surface area contributed by atoms with E-state index in [2.05, 4.69) is 31.9 Å². The lowest BCUT2D eigenvalue weighted by molar-refractivity contribution is 0.397. The van der Waals surface area contributed by atoms with E-state index in [9.17, 15) is 8.42 Å². The fourth-order valence-corrected chi connectivity index (χ4v) is 6.73. The smallest absolute Gasteiger partial charge is 0.207 e. The zero-order valence-corrected chi connectivity index (χ0v) is 15.8. The summed E-state index contributed by atoms with van der Waals surface area (Å²) in [5.41, 5.74) is 1.09. The van der Waals surface area contributed by atoms with E-state index in [-0.39, 0.29) is 6.04 Å². The Balaban J connectivity index is 2.01. The summed E-state index contributed by atoms with van der Waals surface area (Å²) in [5.74, 6) is 0. The molecule has 1 aliphatic rings. The summed E-state index contributed by atoms with van der Waals surface area (Å²) < 4.78 is 29.0. The summed E-state index contributed by atoms with van der Waals surface area (Å²) >= 11 is 8.32. The SMILES string of the molecule is O=S(=O)(c1ccc(Br)cc1Br)N1CCCC1c1ccsc1. The van der Waals surface area contributed by atoms with E-state index < -0.39 is 10.0 Å². The molecule has 0 bridgehead atoms. The topological polar surface area (TPSA) is 37.4 Å². The van der Waals surface area contributed by atoms with Crippen LogP contribution in [-0.2, 0) is 10.0 Å². The maximum Gasteiger partial charge on any atom is 0.244 e. The highest BCUT2D eigenvalue weighted by atomic mass is 79.9. The number of hydrogen-bond donors (Lipinski definition) is 0. The highest BCUT2D eigenvalue weighted by Gasteiger charge is 2.37. The fraction of sp³-hybridized carbons (Fsp3) is 0.286. The summed E-state index contributed by atoms with van der Waals surface area (Å²) in [6.45, 7) is 0.575. The van der Waals surface area contributed by atoms with Gasteiger partial charge in [-0.3, -0.25) is 0 Å². The third-order valence-electron chi connectivity index (χ3n) is 3.61. The molecular formula is C14H13Br2NO2S2. The van der Waals surface area contributed by atoms with Crippen LogP contribution in [0.4, 0.5) is 0 Å². The Labute approximate surface area is 145 Å². The number of sulfonamides is 1. The predicted octanol–water partition coefficient (Wildman–Crippen LogP) is 4.80. The van der Waals surface area contributed by atoms with Crippen molar-refractivity contribution in [2.75, 3.05) is 6.54 Å². The Bertz CT molecular complexity index is 744. The number of thiophene rings is 1. The van der Waals surface area contributed by atoms with E-state index >= 15 is 0 Å². The van der Waals surface area contributed by atoms with Gasteiger partial charge >= 0.3 is 0 Å². The molecule has 112 valence electrons. The van der Waals surface area contributed by atoms with Crippen LogP contribution in [-0.4, -0.2) is 19.3 Å². The van der Waals surface area contributed by atoms with Crippen molar-refractivity contribution in [3.63, 3.8) is 0 Å². The first-order valence-electron chi connectivity index (χ1n) is 6.49. The van der Waals surface area contributed by atoms with Gasteiger partial charge in [-0.1, -0.05) is 15.9 Å². The van der Waals surface area contributed by atoms with Crippen LogP contribution >= 0.6 is 43.2 Å². The zero-order chi connectivity index (χ0) is 15.0. The minimum absolute atomic E-state index is 0.0446. The molecule has 0 radical (unpaired) electrons. The molecule has 3 rings (SSSR count). The average molecular weight is 451 g/mol. The Kier molecular flexibility index (Phi) is 4.57. The van der Waals surface area contributed by atoms with E-state index in [0.29, 0.717) is 15.9 Å². The quantitative estimate of drug-likeness (QED) is 0.673. The van der Waals surface area contributed by atoms with Crippen LogP contribution in [0.3, 0.4) is 0 Å². The first-order chi connectivity index (χ1) is 10.00. The highest BCUT2D eigenvalue weighted by molar-refractivity contribution is 9.11. The Morgan fingerprint density at radius 3 is 2.71 bits per heavy atom. The predicted molar refractivity (Wildman–Crippen MR) is 92.0 cm³/mol. The van der Waals surface area contributed by atoms with Gasteiger partial charge in [-0.05, 0) is 69.4 Å². The van der Waals surface area contributed by atoms with Gasteiger partial charge in [-0.15, -0.1) is 0 Å². The monoisotopic (exact) mass is 449 g/mol. The van der Waals surface area contributed by atoms with Crippen LogP contribution in [0.25, 0.3) is 0 Å². The summed E-state index contributed by atoms with van der Waals surface area (Å²) in [6.07, 6.45) is 1.78. The second-order valence-corrected chi connectivity index (χ2v) is 9.31. The van der Waals surface area contributed by atoms with Crippen LogP contribution in [0, 0.1) is 0 Å². The minimum atomic E-state index is -3.49. The molecule has 1 aromatic heterocycles. The van der Waals surface area contributed by atoms with Crippen LogP contribution in [0.5, 0.6) is 0 Å². The van der Waals surface area contributed by atoms with Crippen molar-refractivity contribution in [2.45, 2.75) is 23.8 Å². The van der Waals surface area contributed by atoms with Gasteiger partial charge in [0.2, 0.25) is 10.0 Å². The Hall–Kier alpha value is -0.210. The van der Waals surface area contributed by atoms with Crippen LogP contribution in [0.1, 0.15) is 24.4 Å². The largest absolute Gasteiger partial charge is 0.244 e. The molecule has 1 unspecified atom stereocenters. The number of halogens is 2. The summed E-state index contributed by atoms with van der Waals surface area (Å²) in [7, 11) is -3.49. The molecule has 7 heteroatoms. The molecule has 1 saturated heterocycles. The van der Waals surface area contributed by atoms with Crippen molar-refractivity contribution in [3.05, 3.63) is 49.5 Å². The van der Waals surface area contributed by atoms with Gasteiger partial charge in [-0.2, -0.15) is 15.6 Å². The lowest BCUT2D eigenvalue weighted by atomic mass is 10.1. The maximum atomic E-state index is 13.0. The first kappa shape index (κ1) is 15.7. The maximum absolute atomic E-state index is 13.0. The first-order valence-corrected chi connectivity index (χ1v) is 10.5. The van der Waals surface area contributed by atoms with Crippen LogP contribution in [0.2, 0.25) is 0 Å². The lowest BCUT2D eigenvalue weighted by Crippen LogP contribution is -2.30. The van der Waals surface area contributed by atoms with Crippen LogP contribution in [0.15, 0.2) is 48.9 Å². The van der Waals surface area contributed by atoms with Gasteiger partial charge in [0.1, 0.15) is 0 Å². The molecule has 2 aromatic rings. The van der Waals surface area contributed by atoms with Crippen molar-refractivity contribution >= 4 is 53.2 Å². The molecule has 3 nitrogen and oxygen atoms in total. The fourth-order valence-electron chi connectivity index (χ4n) is 2.64. The summed E-state index contributed by atoms with van der Waals surface area (Å²) in [4.78, 5) is 0.327. The molecule has 2 heterocycles. The average Bonchev–Trinajstić information content (AvgIpc) is 3.09. The zero-order valence-electron chi connectivity index (χ0n) is 11.0. The third-order valence-corrected chi connectivity index (χ3v) is 7.69. The molecule has 0 N–H and O–H groups in total. The number of rotatable bonds is 3. The van der Waals surface area contributed by atoms with Crippen molar-refractivity contribution in [1.82, 2.24) is 4.31 Å². The highest BCUT2D eigenvalue weighted by Crippen LogP contribution is 2.39. The molecule has 0 aliphatic carbocycles. The summed E-state index contributed by atoms with van der Waals surface area (Å²) in [5, 5.41) is 4.03. The molecule has 0 spiro atoms. The second-order valence-electron chi connectivity index (χ2n) is 4.91. The molecule has 0 saturated carbocycles. The number of nitrogens with zero attached hydrogens (tertiary/aromatic N) is 1. The Morgan fingerprint density at radius 2 is 2.05 bits per heavy atom. The van der Waals surface area contributed by atoms with E-state index in [1.54, 1.807) is 33.8 Å². The molecular weight excluding hydrogens is 438 g/mol. The van der Waals surface area contributed by atoms with E-state index in [1.165, 1.54) is 0 Å². The standard InChI is InChI=1S/C14H13Br2NO2S2/c15-11-3-4-14(12(16)8-11)21(18,19)17-6-1-2-13(17)10-5-7-20-9-10/h3-5,7-9,13H,1-2,6H2. The van der Waals surface area contributed by atoms with Gasteiger partial charge in [0.05, 0.1) is 10.9 Å². The van der Waals surface area contributed by atoms with Crippen molar-refractivity contribution < 1.29 is 8.42 Å². The van der Waals surface area contributed by atoms with Crippen molar-refractivity contribution in [2.24, 2.45) is 0 Å². The van der Waals surface area contributed by atoms with Gasteiger partial charge in [0, 0.05) is 15.5 Å². The van der Waals surface area contributed by atoms with E-state index in [1.807, 2.05) is 16.8 Å². The summed E-state index contributed by atoms with van der Waals surface area (Å²) in [6, 6.07) is 7.14. The number of hydrogen-bond acceptors (Lipinski definition) is 3.